The molecule has 0 saturated carbocycles. The minimum absolute atomic E-state index is 0.0895. The van der Waals surface area contributed by atoms with Crippen LogP contribution in [0.4, 0.5) is 4.79 Å². The Hall–Kier alpha value is -0.120. The van der Waals surface area contributed by atoms with E-state index in [-0.39, 0.29) is 4.49 Å². The Morgan fingerprint density at radius 1 is 1.33 bits per heavy atom. The predicted molar refractivity (Wildman–Crippen MR) is 36.3 cm³/mol. The second kappa shape index (κ2) is 7.88. The van der Waals surface area contributed by atoms with Crippen LogP contribution in [0.5, 0.6) is 0 Å². The van der Waals surface area contributed by atoms with E-state index in [0.29, 0.717) is 0 Å². The molecule has 0 atom stereocenters. The first-order chi connectivity index (χ1) is 4.00. The highest BCUT2D eigenvalue weighted by Crippen LogP contribution is 2.05. The summed E-state index contributed by atoms with van der Waals surface area (Å²) in [5, 5.41) is 13.9. The van der Waals surface area contributed by atoms with E-state index in [1.807, 2.05) is 0 Å². The van der Waals surface area contributed by atoms with Gasteiger partial charge in [-0.15, -0.1) is 0 Å². The Morgan fingerprint density at radius 2 is 1.44 bits per heavy atom. The second-order valence-electron chi connectivity index (χ2n) is 0.681. The first-order valence-electron chi connectivity index (χ1n) is 1.54. The average Bonchev–Trinajstić information content (AvgIpc) is 1.65. The molecule has 6 heteroatoms. The van der Waals surface area contributed by atoms with E-state index in [9.17, 15) is 0 Å². The summed E-state index contributed by atoms with van der Waals surface area (Å²) in [4.78, 5) is 8.56. The van der Waals surface area contributed by atoms with Gasteiger partial charge in [0, 0.05) is 5.54 Å². The normalized spacial score (nSPS) is 6.56. The van der Waals surface area contributed by atoms with E-state index in [2.05, 4.69) is 0 Å². The number of hydrogen-bond donors (Lipinski definition) is 2. The van der Waals surface area contributed by atoms with Crippen LogP contribution < -0.4 is 0 Å². The van der Waals surface area contributed by atoms with Gasteiger partial charge in [0.25, 0.3) is 0 Å². The first kappa shape index (κ1) is 11.6. The minimum atomic E-state index is -1.83. The number of carbonyl (C=O) groups is 1. The summed E-state index contributed by atoms with van der Waals surface area (Å²) in [7, 11) is 0. The molecule has 2 N–H and O–H groups in total. The van der Waals surface area contributed by atoms with Gasteiger partial charge in [-0.3, -0.25) is 0 Å². The van der Waals surface area contributed by atoms with Crippen LogP contribution in [0.1, 0.15) is 0 Å². The molecule has 0 aliphatic carbocycles. The van der Waals surface area contributed by atoms with Crippen LogP contribution in [-0.2, 0) is 0 Å². The van der Waals surface area contributed by atoms with Crippen molar-refractivity contribution in [3.63, 3.8) is 0 Å². The van der Waals surface area contributed by atoms with Gasteiger partial charge in [-0.2, -0.15) is 0 Å². The molecule has 0 unspecified atom stereocenters. The summed E-state index contributed by atoms with van der Waals surface area (Å²) in [6.45, 7) is 0. The van der Waals surface area contributed by atoms with Crippen LogP contribution >= 0.6 is 34.8 Å². The lowest BCUT2D eigenvalue weighted by atomic mass is 11.2. The Morgan fingerprint density at radius 3 is 1.44 bits per heavy atom. The number of halogens is 3. The zero-order chi connectivity index (χ0) is 7.86. The van der Waals surface area contributed by atoms with Crippen molar-refractivity contribution in [3.05, 3.63) is 10.0 Å². The summed E-state index contributed by atoms with van der Waals surface area (Å²) < 4.78 is 0.0895. The fourth-order valence-electron chi connectivity index (χ4n) is 0. The summed E-state index contributed by atoms with van der Waals surface area (Å²) in [6.07, 6.45) is -1.83. The van der Waals surface area contributed by atoms with Crippen molar-refractivity contribution in [2.45, 2.75) is 0 Å². The van der Waals surface area contributed by atoms with Crippen LogP contribution in [0.2, 0.25) is 0 Å². The number of carboxylic acid groups (broad SMARTS) is 2. The molecule has 0 saturated heterocycles. The van der Waals surface area contributed by atoms with Crippen molar-refractivity contribution in [2.75, 3.05) is 0 Å². The lowest BCUT2D eigenvalue weighted by Crippen LogP contribution is -1.81. The molecule has 0 aromatic rings. The third-order valence-electron chi connectivity index (χ3n) is 0.0825. The third kappa shape index (κ3) is 77.1. The van der Waals surface area contributed by atoms with Crippen molar-refractivity contribution < 1.29 is 15.0 Å². The van der Waals surface area contributed by atoms with Gasteiger partial charge in [0.15, 0.2) is 0 Å². The summed E-state index contributed by atoms with van der Waals surface area (Å²) in [6, 6.07) is 0. The lowest BCUT2D eigenvalue weighted by Gasteiger charge is -1.64. The lowest BCUT2D eigenvalue weighted by molar-refractivity contribution is 0.137. The van der Waals surface area contributed by atoms with Gasteiger partial charge >= 0.3 is 6.16 Å². The maximum Gasteiger partial charge on any atom is 0.503 e. The first-order valence-corrected chi connectivity index (χ1v) is 2.73. The molecule has 0 fully saturated rings. The van der Waals surface area contributed by atoms with E-state index in [4.69, 9.17) is 49.8 Å². The fraction of sp³-hybridized carbons (Fsp3) is 0. The van der Waals surface area contributed by atoms with Gasteiger partial charge < -0.3 is 10.2 Å². The van der Waals surface area contributed by atoms with Crippen LogP contribution in [0.15, 0.2) is 10.0 Å². The molecule has 0 aliphatic rings. The highest BCUT2D eigenvalue weighted by molar-refractivity contribution is 6.58. The zero-order valence-electron chi connectivity index (χ0n) is 4.01. The van der Waals surface area contributed by atoms with Crippen LogP contribution in [0.25, 0.3) is 0 Å². The third-order valence-corrected chi connectivity index (χ3v) is 0.742. The van der Waals surface area contributed by atoms with Gasteiger partial charge in [0.1, 0.15) is 4.49 Å². The van der Waals surface area contributed by atoms with Crippen molar-refractivity contribution >= 4 is 41.0 Å². The maximum atomic E-state index is 8.56. The van der Waals surface area contributed by atoms with Gasteiger partial charge in [-0.1, -0.05) is 34.8 Å². The molecule has 0 rings (SSSR count). The van der Waals surface area contributed by atoms with Crippen molar-refractivity contribution in [2.24, 2.45) is 0 Å². The van der Waals surface area contributed by atoms with Crippen LogP contribution in [0.3, 0.4) is 0 Å². The van der Waals surface area contributed by atoms with Crippen LogP contribution in [0, 0.1) is 0 Å². The average molecular weight is 193 g/mol. The van der Waals surface area contributed by atoms with Gasteiger partial charge in [0.05, 0.1) is 0 Å². The van der Waals surface area contributed by atoms with E-state index < -0.39 is 6.16 Å². The molecule has 0 aliphatic heterocycles. The summed E-state index contributed by atoms with van der Waals surface area (Å²) >= 11 is 14.8. The Balaban J connectivity index is 0. The maximum absolute atomic E-state index is 8.56. The van der Waals surface area contributed by atoms with E-state index >= 15 is 0 Å². The molecular formula is C3H3Cl3O3. The van der Waals surface area contributed by atoms with Crippen molar-refractivity contribution in [3.8, 4) is 0 Å². The SMILES string of the molecule is ClC=C(Cl)Cl.O=C(O)O. The Labute approximate surface area is 66.4 Å². The summed E-state index contributed by atoms with van der Waals surface area (Å²) in [5.41, 5.74) is 1.09. The van der Waals surface area contributed by atoms with E-state index in [1.54, 1.807) is 0 Å². The molecule has 3 nitrogen and oxygen atoms in total. The Kier molecular flexibility index (Phi) is 10.2. The molecule has 0 bridgehead atoms. The number of rotatable bonds is 0. The van der Waals surface area contributed by atoms with Crippen LogP contribution in [-0.4, -0.2) is 16.4 Å². The molecule has 0 spiro atoms. The fourth-order valence-corrected chi connectivity index (χ4v) is 0. The molecule has 0 radical (unpaired) electrons. The zero-order valence-corrected chi connectivity index (χ0v) is 6.28. The standard InChI is InChI=1S/C2HCl3.CH2O3/c3-1-2(4)5;2-1(3)4/h1H;(H2,2,3,4). The Bertz CT molecular complexity index is 103. The molecule has 54 valence electrons. The molecule has 0 heterocycles. The highest BCUT2D eigenvalue weighted by Gasteiger charge is 1.70. The quantitative estimate of drug-likeness (QED) is 0.622. The molecule has 0 aromatic heterocycles. The predicted octanol–water partition coefficient (Wildman–Crippen LogP) is 2.72. The molecule has 9 heavy (non-hydrogen) atoms. The topological polar surface area (TPSA) is 57.5 Å². The molecule has 0 amide bonds. The number of hydrogen-bond acceptors (Lipinski definition) is 1. The minimum Gasteiger partial charge on any atom is -0.450 e. The molecule has 0 aromatic carbocycles. The smallest absolute Gasteiger partial charge is 0.450 e. The second-order valence-corrected chi connectivity index (χ2v) is 1.91. The highest BCUT2D eigenvalue weighted by atomic mass is 35.5. The van der Waals surface area contributed by atoms with E-state index in [1.165, 1.54) is 0 Å². The van der Waals surface area contributed by atoms with Gasteiger partial charge in [-0.05, 0) is 0 Å². The van der Waals surface area contributed by atoms with Gasteiger partial charge in [0.2, 0.25) is 0 Å². The largest absolute Gasteiger partial charge is 0.503 e. The van der Waals surface area contributed by atoms with E-state index in [0.717, 1.165) is 5.54 Å². The van der Waals surface area contributed by atoms with Crippen molar-refractivity contribution in [1.82, 2.24) is 0 Å². The van der Waals surface area contributed by atoms with Crippen molar-refractivity contribution in [1.29, 1.82) is 0 Å². The summed E-state index contributed by atoms with van der Waals surface area (Å²) in [5.74, 6) is 0. The molecular weight excluding hydrogens is 190 g/mol. The van der Waals surface area contributed by atoms with Gasteiger partial charge in [-0.25, -0.2) is 4.79 Å². The monoisotopic (exact) mass is 192 g/mol.